The second kappa shape index (κ2) is 41.9. The van der Waals surface area contributed by atoms with Gasteiger partial charge in [0.05, 0.1) is 96.7 Å². The number of methoxy groups -OCH3 is 1. The lowest BCUT2D eigenvalue weighted by molar-refractivity contribution is 0.0599. The van der Waals surface area contributed by atoms with Gasteiger partial charge in [0.25, 0.3) is 23.6 Å². The van der Waals surface area contributed by atoms with Crippen LogP contribution in [-0.2, 0) is 24.5 Å². The molecule has 6 aromatic heterocycles. The molecule has 30 nitrogen and oxygen atoms in total. The number of aliphatic hydroxyl groups excluding tert-OH is 3. The molecule has 30 heteroatoms. The molecule has 0 aliphatic heterocycles. The Morgan fingerprint density at radius 3 is 1.36 bits per heavy atom. The number of hydrogen-bond acceptors (Lipinski definition) is 28. The molecule has 0 spiro atoms. The van der Waals surface area contributed by atoms with E-state index in [0.29, 0.717) is 168 Å². The molecule has 0 bridgehead atoms. The van der Waals surface area contributed by atoms with Crippen molar-refractivity contribution >= 4 is 29.5 Å². The summed E-state index contributed by atoms with van der Waals surface area (Å²) in [5.74, 6) is 4.55. The first-order chi connectivity index (χ1) is 51.8. The molecule has 564 valence electrons. The van der Waals surface area contributed by atoms with E-state index in [2.05, 4.69) is 60.9 Å². The number of aromatic nitrogens is 8. The first kappa shape index (κ1) is 82.0. The first-order valence-electron chi connectivity index (χ1n) is 34.3. The molecule has 0 saturated carbocycles. The van der Waals surface area contributed by atoms with Crippen molar-refractivity contribution in [3.63, 3.8) is 0 Å². The van der Waals surface area contributed by atoms with Crippen LogP contribution in [0.25, 0.3) is 45.7 Å². The molecule has 10 rings (SSSR count). The Balaban J connectivity index is 0.000000199. The monoisotopic (exact) mass is 1470 g/mol. The highest BCUT2D eigenvalue weighted by molar-refractivity contribution is 6.12. The molecule has 6 heterocycles. The van der Waals surface area contributed by atoms with Crippen molar-refractivity contribution in [1.82, 2.24) is 56.2 Å². The van der Waals surface area contributed by atoms with E-state index in [1.54, 1.807) is 91.5 Å². The van der Waals surface area contributed by atoms with Crippen LogP contribution in [0.15, 0.2) is 155 Å². The third-order valence-electron chi connectivity index (χ3n) is 14.7. The minimum Gasteiger partial charge on any atom is -0.490 e. The fraction of sp³-hybridized carbons (Fsp3) is 0.312. The number of ether oxygens (including phenoxy) is 9. The first-order valence-corrected chi connectivity index (χ1v) is 34.3. The fourth-order valence-corrected chi connectivity index (χ4v) is 9.51. The lowest BCUT2D eigenvalue weighted by Crippen LogP contribution is -2.42. The van der Waals surface area contributed by atoms with Gasteiger partial charge in [-0.15, -0.1) is 0 Å². The number of nitrogens with zero attached hydrogens (tertiary/aromatic N) is 8. The van der Waals surface area contributed by atoms with Gasteiger partial charge in [-0.2, -0.15) is 9.97 Å². The average molecular weight is 1470 g/mol. The van der Waals surface area contributed by atoms with Crippen LogP contribution in [-0.4, -0.2) is 157 Å². The standard InChI is InChI=1S/C22H30N4O4.C19H21N3O5.2C18H19N3O4/c1-5-29-18-8-7-16(12-19(18)30-6-2)21(28)26-20(23)15-9-10-24-17(11-15)13-25-22(3,4)14-27;1-4-26-15-7-6-12(9-16(15)27-5-2)18(23)22-17(20)13-8-14(11-21-10-13)19(24)25-3;1-3-23-15-6-5-13(8-16(15)24-4-2)18-20-17(21-25-18)14-7-12(11-22)9-19-10-14;1-3-23-15-6-5-13(10-16(15)24-4-2)18-20-17(21-25-18)12-7-8-19-14(9-12)11-22/h7-12,25,27H,5-6,13-14H2,1-4H3,(H2,23,26,28);6-11H,4-5H2,1-3H3,(H2,20,22,23);2*5-10,22H,3-4,11H2,1-2H3. The molecular weight excluding hydrogens is 1380 g/mol. The number of nitrogens with one attached hydrogen (secondary N) is 5. The third kappa shape index (κ3) is 24.2. The van der Waals surface area contributed by atoms with Crippen molar-refractivity contribution in [2.24, 2.45) is 0 Å². The van der Waals surface area contributed by atoms with Gasteiger partial charge in [0.15, 0.2) is 46.0 Å². The average Bonchev–Trinajstić information content (AvgIpc) is 1.73. The van der Waals surface area contributed by atoms with Crippen LogP contribution < -0.4 is 53.8 Å². The normalized spacial score (nSPS) is 10.6. The minimum absolute atomic E-state index is 0.00954. The largest absolute Gasteiger partial charge is 0.490 e. The summed E-state index contributed by atoms with van der Waals surface area (Å²) >= 11 is 0. The topological polar surface area (TPSA) is 408 Å². The van der Waals surface area contributed by atoms with Gasteiger partial charge in [0, 0.05) is 93.8 Å². The lowest BCUT2D eigenvalue weighted by Gasteiger charge is -2.23. The molecule has 107 heavy (non-hydrogen) atoms. The van der Waals surface area contributed by atoms with E-state index in [-0.39, 0.29) is 42.6 Å². The van der Waals surface area contributed by atoms with Gasteiger partial charge in [-0.1, -0.05) is 10.3 Å². The Morgan fingerprint density at radius 1 is 0.439 bits per heavy atom. The van der Waals surface area contributed by atoms with Gasteiger partial charge >= 0.3 is 5.97 Å². The van der Waals surface area contributed by atoms with E-state index in [1.807, 2.05) is 106 Å². The zero-order chi connectivity index (χ0) is 77.3. The zero-order valence-electron chi connectivity index (χ0n) is 61.5. The van der Waals surface area contributed by atoms with E-state index < -0.39 is 23.3 Å². The van der Waals surface area contributed by atoms with Crippen molar-refractivity contribution in [3.05, 3.63) is 191 Å². The number of rotatable bonds is 31. The van der Waals surface area contributed by atoms with E-state index in [1.165, 1.54) is 25.6 Å². The molecule has 0 radical (unpaired) electrons. The molecule has 10 aromatic rings. The van der Waals surface area contributed by atoms with Crippen molar-refractivity contribution < 1.29 is 81.4 Å². The van der Waals surface area contributed by atoms with Gasteiger partial charge in [-0.25, -0.2) is 4.79 Å². The predicted molar refractivity (Wildman–Crippen MR) is 396 cm³/mol. The third-order valence-corrected chi connectivity index (χ3v) is 14.7. The SMILES string of the molecule is CCOc1ccc(-c2nc(-c3ccnc(CO)c3)no2)cc1OCC.CCOc1ccc(-c2nc(-c3cncc(CO)c3)no2)cc1OCC.CCOc1ccc(C(=O)NC(=N)c2ccnc(CNC(C)(C)CO)c2)cc1OCC.CCOc1ccc(C(=O)NC(=N)c2cncc(C(=O)OC)c2)cc1OCC. The number of esters is 1. The second-order valence-electron chi connectivity index (χ2n) is 22.9. The molecule has 0 atom stereocenters. The maximum Gasteiger partial charge on any atom is 0.339 e. The summed E-state index contributed by atoms with van der Waals surface area (Å²) in [7, 11) is 1.25. The Labute approximate surface area is 619 Å². The highest BCUT2D eigenvalue weighted by Gasteiger charge is 2.21. The molecule has 0 saturated heterocycles. The lowest BCUT2D eigenvalue weighted by atomic mass is 10.1. The van der Waals surface area contributed by atoms with Gasteiger partial charge in [-0.3, -0.25) is 40.3 Å². The Kier molecular flexibility index (Phi) is 32.1. The number of hydrogen-bond donors (Lipinski definition) is 8. The number of carbonyl (C=O) groups excluding carboxylic acids is 3. The smallest absolute Gasteiger partial charge is 0.339 e. The van der Waals surface area contributed by atoms with Crippen LogP contribution in [0.2, 0.25) is 0 Å². The maximum atomic E-state index is 12.6. The van der Waals surface area contributed by atoms with Crippen LogP contribution >= 0.6 is 0 Å². The zero-order valence-corrected chi connectivity index (χ0v) is 61.5. The molecular formula is C77H89N13O17. The molecule has 0 aliphatic carbocycles. The quantitative estimate of drug-likeness (QED) is 0.0114. The van der Waals surface area contributed by atoms with Crippen molar-refractivity contribution in [2.45, 2.75) is 94.5 Å². The van der Waals surface area contributed by atoms with Crippen molar-refractivity contribution in [3.8, 4) is 91.7 Å². The molecule has 0 fully saturated rings. The molecule has 0 unspecified atom stereocenters. The second-order valence-corrected chi connectivity index (χ2v) is 22.9. The summed E-state index contributed by atoms with van der Waals surface area (Å²) < 4.78 is 59.8. The van der Waals surface area contributed by atoms with Gasteiger partial charge < -0.3 is 82.9 Å². The molecule has 8 N–H and O–H groups in total. The highest BCUT2D eigenvalue weighted by Crippen LogP contribution is 2.36. The minimum atomic E-state index is -0.573. The highest BCUT2D eigenvalue weighted by atomic mass is 16.5. The number of amidine groups is 2. The van der Waals surface area contributed by atoms with E-state index in [9.17, 15) is 29.7 Å². The van der Waals surface area contributed by atoms with Crippen LogP contribution in [0.5, 0.6) is 46.0 Å². The summed E-state index contributed by atoms with van der Waals surface area (Å²) in [4.78, 5) is 61.8. The maximum absolute atomic E-state index is 12.6. The Bertz CT molecular complexity index is 4430. The molecule has 4 aromatic carbocycles. The number of benzene rings is 4. The summed E-state index contributed by atoms with van der Waals surface area (Å²) in [5, 5.41) is 60.3. The van der Waals surface area contributed by atoms with Crippen LogP contribution in [0, 0.1) is 10.8 Å². The summed E-state index contributed by atoms with van der Waals surface area (Å²) in [6.45, 7) is 23.0. The van der Waals surface area contributed by atoms with Gasteiger partial charge in [-0.05, 0) is 184 Å². The Hall–Kier alpha value is -12.3. The van der Waals surface area contributed by atoms with E-state index in [0.717, 1.165) is 16.7 Å². The van der Waals surface area contributed by atoms with Crippen LogP contribution in [0.1, 0.15) is 128 Å². The fourth-order valence-electron chi connectivity index (χ4n) is 9.51. The summed E-state index contributed by atoms with van der Waals surface area (Å²) in [6, 6.07) is 30.7. The van der Waals surface area contributed by atoms with Crippen LogP contribution in [0.4, 0.5) is 0 Å². The number of carbonyl (C=O) groups is 3. The predicted octanol–water partition coefficient (Wildman–Crippen LogP) is 11.1. The van der Waals surface area contributed by atoms with Gasteiger partial charge in [0.1, 0.15) is 11.7 Å². The van der Waals surface area contributed by atoms with E-state index >= 15 is 0 Å². The van der Waals surface area contributed by atoms with Crippen molar-refractivity contribution in [2.75, 3.05) is 66.6 Å². The summed E-state index contributed by atoms with van der Waals surface area (Å²) in [5.41, 5.74) is 6.05. The van der Waals surface area contributed by atoms with Crippen LogP contribution in [0.3, 0.4) is 0 Å². The molecule has 2 amide bonds. The van der Waals surface area contributed by atoms with Gasteiger partial charge in [0.2, 0.25) is 11.6 Å². The number of pyridine rings is 4. The molecule has 0 aliphatic rings. The summed E-state index contributed by atoms with van der Waals surface area (Å²) in [6.07, 6.45) is 9.09. The van der Waals surface area contributed by atoms with Crippen molar-refractivity contribution in [1.29, 1.82) is 10.8 Å². The Morgan fingerprint density at radius 2 is 0.879 bits per heavy atom. The number of aliphatic hydroxyl groups is 3. The number of amides is 2. The van der Waals surface area contributed by atoms with E-state index in [4.69, 9.17) is 57.8 Å².